The molecule has 3 aromatic rings. The minimum absolute atomic E-state index is 0. The number of fused-ring (bicyclic) bond motifs is 5. The summed E-state index contributed by atoms with van der Waals surface area (Å²) in [5.74, 6) is 0. The maximum Gasteiger partial charge on any atom is 3.00 e. The second kappa shape index (κ2) is 6.69. The Morgan fingerprint density at radius 1 is 1.14 bits per heavy atom. The molecule has 0 spiro atoms. The predicted molar refractivity (Wildman–Crippen MR) is 74.7 cm³/mol. The molecule has 2 aromatic carbocycles. The average molecular weight is 394 g/mol. The molecule has 1 aliphatic carbocycles. The first-order valence-electron chi connectivity index (χ1n) is 6.33. The average Bonchev–Trinajstić information content (AvgIpc) is 2.87. The minimum Gasteiger partial charge on any atom is -1.00 e. The Morgan fingerprint density at radius 3 is 2.67 bits per heavy atom. The van der Waals surface area contributed by atoms with Crippen LogP contribution in [0.1, 0.15) is 16.7 Å². The molecule has 0 amide bonds. The molecule has 0 unspecified atom stereocenters. The van der Waals surface area contributed by atoms with Crippen LogP contribution in [0.5, 0.6) is 0 Å². The van der Waals surface area contributed by atoms with Crippen molar-refractivity contribution in [3.8, 4) is 11.3 Å². The first kappa shape index (κ1) is 18.5. The van der Waals surface area contributed by atoms with E-state index in [0.29, 0.717) is 0 Å². The maximum absolute atomic E-state index is 3.38. The molecule has 21 heavy (non-hydrogen) atoms. The molecule has 1 nitrogen and oxygen atoms in total. The molecule has 105 valence electrons. The van der Waals surface area contributed by atoms with Gasteiger partial charge in [-0.1, -0.05) is 11.6 Å². The third-order valence-corrected chi connectivity index (χ3v) is 4.01. The van der Waals surface area contributed by atoms with Crippen molar-refractivity contribution in [1.82, 2.24) is 4.57 Å². The van der Waals surface area contributed by atoms with Gasteiger partial charge in [-0.25, -0.2) is 0 Å². The molecule has 1 aliphatic rings. The number of aryl methyl sites for hydroxylation is 2. The van der Waals surface area contributed by atoms with Crippen LogP contribution < -0.4 is 24.8 Å². The van der Waals surface area contributed by atoms with Crippen molar-refractivity contribution in [1.29, 1.82) is 0 Å². The molecule has 1 heterocycles. The topological polar surface area (TPSA) is 4.93 Å². The molecule has 1 radical (unpaired) electrons. The summed E-state index contributed by atoms with van der Waals surface area (Å²) in [5.41, 5.74) is 8.19. The van der Waals surface area contributed by atoms with Crippen LogP contribution in [0.15, 0.2) is 36.4 Å². The molecule has 4 heteroatoms. The van der Waals surface area contributed by atoms with Crippen LogP contribution in [0.2, 0.25) is 0 Å². The molecule has 0 saturated heterocycles. The van der Waals surface area contributed by atoms with Gasteiger partial charge in [-0.15, -0.1) is 11.1 Å². The number of hydrogen-bond acceptors (Lipinski definition) is 0. The van der Waals surface area contributed by atoms with E-state index in [0.717, 1.165) is 6.42 Å². The Morgan fingerprint density at radius 2 is 1.90 bits per heavy atom. The molecule has 0 saturated carbocycles. The van der Waals surface area contributed by atoms with E-state index in [2.05, 4.69) is 54.9 Å². The first-order chi connectivity index (χ1) is 8.75. The summed E-state index contributed by atoms with van der Waals surface area (Å²) in [6.45, 7) is 2.16. The van der Waals surface area contributed by atoms with Gasteiger partial charge in [0.25, 0.3) is 0 Å². The van der Waals surface area contributed by atoms with Crippen molar-refractivity contribution in [3.05, 3.63) is 59.2 Å². The number of aromatic nitrogens is 1. The van der Waals surface area contributed by atoms with Gasteiger partial charge in [0.2, 0.25) is 0 Å². The molecular formula is C17H14Cl2NZr. The summed E-state index contributed by atoms with van der Waals surface area (Å²) in [4.78, 5) is 0. The zero-order valence-electron chi connectivity index (χ0n) is 11.9. The maximum atomic E-state index is 3.38. The summed E-state index contributed by atoms with van der Waals surface area (Å²) in [5, 5.41) is 1.40. The second-order valence-corrected chi connectivity index (χ2v) is 5.15. The third-order valence-electron chi connectivity index (χ3n) is 4.01. The van der Waals surface area contributed by atoms with Gasteiger partial charge in [-0.2, -0.15) is 24.3 Å². The van der Waals surface area contributed by atoms with Crippen molar-refractivity contribution in [2.75, 3.05) is 0 Å². The number of hydrogen-bond donors (Lipinski definition) is 0. The molecule has 0 N–H and O–H groups in total. The molecule has 4 rings (SSSR count). The van der Waals surface area contributed by atoms with Crippen molar-refractivity contribution >= 4 is 10.9 Å². The van der Waals surface area contributed by atoms with Crippen molar-refractivity contribution in [2.24, 2.45) is 7.05 Å². The third kappa shape index (κ3) is 2.63. The zero-order chi connectivity index (χ0) is 12.3. The van der Waals surface area contributed by atoms with Crippen LogP contribution in [0.4, 0.5) is 0 Å². The van der Waals surface area contributed by atoms with Crippen LogP contribution in [0.25, 0.3) is 22.2 Å². The van der Waals surface area contributed by atoms with E-state index in [9.17, 15) is 0 Å². The summed E-state index contributed by atoms with van der Waals surface area (Å²) >= 11 is 0. The van der Waals surface area contributed by atoms with Crippen LogP contribution >= 0.6 is 0 Å². The summed E-state index contributed by atoms with van der Waals surface area (Å²) in [6, 6.07) is 16.4. The standard InChI is InChI=1S/C17H14N.2ClH.Zr/c1-11-7-8-16-14(9-11)15-10-12-5-3-4-6-13(12)17(15)18(16)2;;;/h3-4,6-9H,10H2,1-2H3;2*1H;/q-1;;;+3/p-2. The monoisotopic (exact) mass is 392 g/mol. The van der Waals surface area contributed by atoms with Crippen molar-refractivity contribution < 1.29 is 51.0 Å². The summed E-state index contributed by atoms with van der Waals surface area (Å²) in [7, 11) is 2.17. The van der Waals surface area contributed by atoms with Gasteiger partial charge in [0.15, 0.2) is 0 Å². The second-order valence-electron chi connectivity index (χ2n) is 5.15. The van der Waals surface area contributed by atoms with E-state index < -0.39 is 0 Å². The van der Waals surface area contributed by atoms with E-state index >= 15 is 0 Å². The van der Waals surface area contributed by atoms with Gasteiger partial charge >= 0.3 is 26.2 Å². The van der Waals surface area contributed by atoms with E-state index in [1.807, 2.05) is 6.07 Å². The fraction of sp³-hybridized carbons (Fsp3) is 0.176. The Kier molecular flexibility index (Phi) is 5.89. The number of halogens is 2. The Balaban J connectivity index is 0.000000735. The fourth-order valence-electron chi connectivity index (χ4n) is 3.17. The number of benzene rings is 2. The van der Waals surface area contributed by atoms with Crippen molar-refractivity contribution in [3.63, 3.8) is 0 Å². The molecule has 0 bridgehead atoms. The van der Waals surface area contributed by atoms with Crippen LogP contribution in [-0.2, 0) is 39.7 Å². The quantitative estimate of drug-likeness (QED) is 0.300. The van der Waals surface area contributed by atoms with Gasteiger partial charge < -0.3 is 29.4 Å². The Labute approximate surface area is 156 Å². The van der Waals surface area contributed by atoms with Crippen molar-refractivity contribution in [2.45, 2.75) is 13.3 Å². The molecule has 0 fully saturated rings. The number of rotatable bonds is 0. The first-order valence-corrected chi connectivity index (χ1v) is 6.33. The molecule has 1 aromatic heterocycles. The predicted octanol–water partition coefficient (Wildman–Crippen LogP) is -2.14. The van der Waals surface area contributed by atoms with Gasteiger partial charge in [0.1, 0.15) is 0 Å². The van der Waals surface area contributed by atoms with Crippen LogP contribution in [0, 0.1) is 13.0 Å². The van der Waals surface area contributed by atoms with E-state index in [1.165, 1.54) is 38.9 Å². The largest absolute Gasteiger partial charge is 3.00 e. The van der Waals surface area contributed by atoms with Gasteiger partial charge in [-0.05, 0) is 36.7 Å². The number of nitrogens with zero attached hydrogens (tertiary/aromatic N) is 1. The zero-order valence-corrected chi connectivity index (χ0v) is 15.8. The normalized spacial score (nSPS) is 11.0. The minimum atomic E-state index is 0. The Bertz CT molecular complexity index is 793. The van der Waals surface area contributed by atoms with Gasteiger partial charge in [-0.3, -0.25) is 0 Å². The van der Waals surface area contributed by atoms with Crippen LogP contribution in [-0.4, -0.2) is 4.57 Å². The van der Waals surface area contributed by atoms with Gasteiger partial charge in [0, 0.05) is 18.0 Å². The summed E-state index contributed by atoms with van der Waals surface area (Å²) < 4.78 is 2.32. The van der Waals surface area contributed by atoms with Gasteiger partial charge in [0.05, 0.1) is 0 Å². The molecule has 0 aliphatic heterocycles. The smallest absolute Gasteiger partial charge is 1.00 e. The molecular weight excluding hydrogens is 380 g/mol. The van der Waals surface area contributed by atoms with Crippen LogP contribution in [0.3, 0.4) is 0 Å². The Hall–Kier alpha value is -0.557. The fourth-order valence-corrected chi connectivity index (χ4v) is 3.17. The van der Waals surface area contributed by atoms with E-state index in [1.54, 1.807) is 0 Å². The van der Waals surface area contributed by atoms with E-state index in [-0.39, 0.29) is 51.0 Å². The molecule has 0 atom stereocenters. The summed E-state index contributed by atoms with van der Waals surface area (Å²) in [6.07, 6.45) is 1.02. The SMILES string of the molecule is Cc1ccc2c(c1)c1c(n2C)-c2ccc[c-]c2C1.[Cl-].[Cl-].[Zr+3]. The van der Waals surface area contributed by atoms with E-state index in [4.69, 9.17) is 0 Å².